The number of likely N-dealkylation sites (tertiary alicyclic amines) is 1. The fourth-order valence-electron chi connectivity index (χ4n) is 2.47. The maximum atomic E-state index is 12.1. The van der Waals surface area contributed by atoms with Crippen molar-refractivity contribution in [2.24, 2.45) is 7.05 Å². The van der Waals surface area contributed by atoms with Crippen molar-refractivity contribution in [3.8, 4) is 0 Å². The smallest absolute Gasteiger partial charge is 0.225 e. The molecule has 2 atom stereocenters. The van der Waals surface area contributed by atoms with Crippen LogP contribution in [0.5, 0.6) is 0 Å². The molecule has 2 heterocycles. The van der Waals surface area contributed by atoms with Crippen molar-refractivity contribution in [3.63, 3.8) is 0 Å². The van der Waals surface area contributed by atoms with Crippen LogP contribution < -0.4 is 0 Å². The third-order valence-corrected chi connectivity index (χ3v) is 3.77. The monoisotopic (exact) mass is 266 g/mol. The lowest BCUT2D eigenvalue weighted by Gasteiger charge is -2.21. The van der Waals surface area contributed by atoms with Gasteiger partial charge in [-0.05, 0) is 20.5 Å². The van der Waals surface area contributed by atoms with E-state index in [2.05, 4.69) is 9.88 Å². The number of aliphatic hydroxyl groups excluding tert-OH is 1. The highest BCUT2D eigenvalue weighted by atomic mass is 16.3. The largest absolute Gasteiger partial charge is 0.385 e. The van der Waals surface area contributed by atoms with Crippen LogP contribution in [-0.2, 0) is 11.8 Å². The van der Waals surface area contributed by atoms with Gasteiger partial charge in [0.05, 0.1) is 6.42 Å². The molecular formula is C13H22N4O2. The van der Waals surface area contributed by atoms with E-state index in [9.17, 15) is 9.90 Å². The summed E-state index contributed by atoms with van der Waals surface area (Å²) in [6.07, 6.45) is 3.66. The van der Waals surface area contributed by atoms with Crippen LogP contribution in [0.15, 0.2) is 12.4 Å². The summed E-state index contributed by atoms with van der Waals surface area (Å²) in [7, 11) is 5.87. The lowest BCUT2D eigenvalue weighted by Crippen LogP contribution is -2.35. The third kappa shape index (κ3) is 3.13. The van der Waals surface area contributed by atoms with E-state index in [1.165, 1.54) is 0 Å². The molecule has 106 valence electrons. The Morgan fingerprint density at radius 2 is 2.37 bits per heavy atom. The molecule has 1 aromatic rings. The number of imidazole rings is 1. The molecule has 0 spiro atoms. The number of rotatable bonds is 4. The molecule has 1 amide bonds. The van der Waals surface area contributed by atoms with Gasteiger partial charge in [0.2, 0.25) is 5.91 Å². The average Bonchev–Trinajstić information content (AvgIpc) is 2.96. The summed E-state index contributed by atoms with van der Waals surface area (Å²) in [5.74, 6) is 0.538. The predicted octanol–water partition coefficient (Wildman–Crippen LogP) is 0.00610. The predicted molar refractivity (Wildman–Crippen MR) is 71.5 cm³/mol. The first kappa shape index (κ1) is 14.0. The minimum Gasteiger partial charge on any atom is -0.385 e. The molecule has 2 unspecified atom stereocenters. The Morgan fingerprint density at radius 1 is 1.63 bits per heavy atom. The van der Waals surface area contributed by atoms with Crippen LogP contribution in [0.3, 0.4) is 0 Å². The summed E-state index contributed by atoms with van der Waals surface area (Å²) in [6, 6.07) is 0.425. The van der Waals surface area contributed by atoms with Gasteiger partial charge in [0.1, 0.15) is 11.9 Å². The lowest BCUT2D eigenvalue weighted by molar-refractivity contribution is -0.132. The molecule has 1 saturated heterocycles. The Labute approximate surface area is 113 Å². The fraction of sp³-hybridized carbons (Fsp3) is 0.692. The molecule has 0 radical (unpaired) electrons. The second kappa shape index (κ2) is 5.71. The number of aryl methyl sites for hydroxylation is 1. The minimum absolute atomic E-state index is 0.000139. The third-order valence-electron chi connectivity index (χ3n) is 3.77. The van der Waals surface area contributed by atoms with Crippen molar-refractivity contribution in [2.75, 3.05) is 27.2 Å². The van der Waals surface area contributed by atoms with Gasteiger partial charge in [0.25, 0.3) is 0 Å². The molecule has 0 bridgehead atoms. The number of amides is 1. The first-order chi connectivity index (χ1) is 8.99. The number of likely N-dealkylation sites (N-methyl/N-ethyl adjacent to an activating group) is 1. The Kier molecular flexibility index (Phi) is 4.21. The normalized spacial score (nSPS) is 21.1. The van der Waals surface area contributed by atoms with Crippen molar-refractivity contribution >= 4 is 5.91 Å². The van der Waals surface area contributed by atoms with Crippen LogP contribution in [0.4, 0.5) is 0 Å². The number of hydrogen-bond acceptors (Lipinski definition) is 4. The molecule has 1 aromatic heterocycles. The second-order valence-corrected chi connectivity index (χ2v) is 5.36. The molecule has 2 rings (SSSR count). The van der Waals surface area contributed by atoms with Gasteiger partial charge in [-0.3, -0.25) is 4.79 Å². The summed E-state index contributed by atoms with van der Waals surface area (Å²) >= 11 is 0. The zero-order valence-corrected chi connectivity index (χ0v) is 11.8. The standard InChI is InChI=1S/C13H22N4O2/c1-15(2)10-4-6-17(9-10)12(19)8-11(18)13-14-5-7-16(13)3/h5,7,10-11,18H,4,6,8-9H2,1-3H3. The summed E-state index contributed by atoms with van der Waals surface area (Å²) in [5, 5.41) is 10.1. The van der Waals surface area contributed by atoms with Gasteiger partial charge in [-0.15, -0.1) is 0 Å². The SMILES string of the molecule is CN(C)C1CCN(C(=O)CC(O)c2nccn2C)C1. The summed E-state index contributed by atoms with van der Waals surface area (Å²) < 4.78 is 1.74. The molecule has 0 aromatic carbocycles. The van der Waals surface area contributed by atoms with E-state index in [4.69, 9.17) is 0 Å². The topological polar surface area (TPSA) is 61.6 Å². The van der Waals surface area contributed by atoms with E-state index < -0.39 is 6.10 Å². The first-order valence-corrected chi connectivity index (χ1v) is 6.58. The van der Waals surface area contributed by atoms with Gasteiger partial charge in [0.15, 0.2) is 0 Å². The molecule has 19 heavy (non-hydrogen) atoms. The van der Waals surface area contributed by atoms with Crippen LogP contribution in [0, 0.1) is 0 Å². The van der Waals surface area contributed by atoms with Gasteiger partial charge >= 0.3 is 0 Å². The Balaban J connectivity index is 1.90. The van der Waals surface area contributed by atoms with E-state index >= 15 is 0 Å². The van der Waals surface area contributed by atoms with Gasteiger partial charge < -0.3 is 19.5 Å². The Morgan fingerprint density at radius 3 is 2.89 bits per heavy atom. The van der Waals surface area contributed by atoms with Crippen molar-refractivity contribution in [1.29, 1.82) is 0 Å². The summed E-state index contributed by atoms with van der Waals surface area (Å²) in [5.41, 5.74) is 0. The van der Waals surface area contributed by atoms with E-state index in [0.717, 1.165) is 19.5 Å². The average molecular weight is 266 g/mol. The van der Waals surface area contributed by atoms with Gasteiger partial charge in [0, 0.05) is 38.6 Å². The summed E-state index contributed by atoms with van der Waals surface area (Å²) in [6.45, 7) is 1.52. The highest BCUT2D eigenvalue weighted by Crippen LogP contribution is 2.19. The zero-order valence-electron chi connectivity index (χ0n) is 11.8. The van der Waals surface area contributed by atoms with Crippen LogP contribution in [0.25, 0.3) is 0 Å². The second-order valence-electron chi connectivity index (χ2n) is 5.36. The molecule has 0 saturated carbocycles. The van der Waals surface area contributed by atoms with Gasteiger partial charge in [-0.25, -0.2) is 4.98 Å². The number of nitrogens with zero attached hydrogens (tertiary/aromatic N) is 4. The molecule has 6 heteroatoms. The van der Waals surface area contributed by atoms with Crippen molar-refractivity contribution < 1.29 is 9.90 Å². The number of carbonyl (C=O) groups is 1. The van der Waals surface area contributed by atoms with Crippen LogP contribution in [-0.4, -0.2) is 63.6 Å². The van der Waals surface area contributed by atoms with Crippen LogP contribution >= 0.6 is 0 Å². The van der Waals surface area contributed by atoms with Crippen LogP contribution in [0.1, 0.15) is 24.8 Å². The molecular weight excluding hydrogens is 244 g/mol. The zero-order chi connectivity index (χ0) is 14.0. The Hall–Kier alpha value is -1.40. The highest BCUT2D eigenvalue weighted by Gasteiger charge is 2.29. The van der Waals surface area contributed by atoms with Gasteiger partial charge in [-0.2, -0.15) is 0 Å². The molecule has 6 nitrogen and oxygen atoms in total. The summed E-state index contributed by atoms with van der Waals surface area (Å²) in [4.78, 5) is 20.2. The highest BCUT2D eigenvalue weighted by molar-refractivity contribution is 5.77. The minimum atomic E-state index is -0.828. The van der Waals surface area contributed by atoms with Crippen molar-refractivity contribution in [2.45, 2.75) is 25.0 Å². The van der Waals surface area contributed by atoms with E-state index in [1.807, 2.05) is 26.0 Å². The van der Waals surface area contributed by atoms with Crippen LogP contribution in [0.2, 0.25) is 0 Å². The molecule has 1 N–H and O–H groups in total. The van der Waals surface area contributed by atoms with Gasteiger partial charge in [-0.1, -0.05) is 0 Å². The number of aliphatic hydroxyl groups is 1. The first-order valence-electron chi connectivity index (χ1n) is 6.58. The fourth-order valence-corrected chi connectivity index (χ4v) is 2.47. The molecule has 0 aliphatic carbocycles. The maximum absolute atomic E-state index is 12.1. The lowest BCUT2D eigenvalue weighted by atomic mass is 10.2. The Bertz CT molecular complexity index is 444. The maximum Gasteiger partial charge on any atom is 0.225 e. The quantitative estimate of drug-likeness (QED) is 0.833. The van der Waals surface area contributed by atoms with Crippen molar-refractivity contribution in [3.05, 3.63) is 18.2 Å². The van der Waals surface area contributed by atoms with E-state index in [0.29, 0.717) is 11.9 Å². The number of carbonyl (C=O) groups excluding carboxylic acids is 1. The van der Waals surface area contributed by atoms with Crippen molar-refractivity contribution in [1.82, 2.24) is 19.4 Å². The van der Waals surface area contributed by atoms with E-state index in [1.54, 1.807) is 17.0 Å². The molecule has 1 fully saturated rings. The van der Waals surface area contributed by atoms with E-state index in [-0.39, 0.29) is 12.3 Å². The molecule has 1 aliphatic heterocycles. The number of aromatic nitrogens is 2. The molecule has 1 aliphatic rings. The number of hydrogen-bond donors (Lipinski definition) is 1.